The topological polar surface area (TPSA) is 74.8 Å². The summed E-state index contributed by atoms with van der Waals surface area (Å²) < 4.78 is 6.66. The molecule has 5 nitrogen and oxygen atoms in total. The van der Waals surface area contributed by atoms with Crippen molar-refractivity contribution in [1.29, 1.82) is 0 Å². The van der Waals surface area contributed by atoms with Gasteiger partial charge >= 0.3 is 5.97 Å². The molecule has 0 aliphatic carbocycles. The van der Waals surface area contributed by atoms with E-state index in [4.69, 9.17) is 21.1 Å². The van der Waals surface area contributed by atoms with E-state index in [1.54, 1.807) is 24.4 Å². The molecule has 1 heterocycles. The second-order valence-electron chi connectivity index (χ2n) is 5.08. The summed E-state index contributed by atoms with van der Waals surface area (Å²) in [5, 5.41) is 13.4. The zero-order valence-electron chi connectivity index (χ0n) is 12.7. The summed E-state index contributed by atoms with van der Waals surface area (Å²) in [4.78, 5) is 11.2. The van der Waals surface area contributed by atoms with Crippen LogP contribution in [0.15, 0.2) is 68.6 Å². The molecule has 2 aromatic carbocycles. The van der Waals surface area contributed by atoms with Crippen LogP contribution in [0.1, 0.15) is 16.1 Å². The molecule has 0 atom stereocenters. The van der Waals surface area contributed by atoms with E-state index < -0.39 is 5.97 Å². The number of nitrogens with one attached hydrogen (secondary N) is 1. The van der Waals surface area contributed by atoms with Crippen molar-refractivity contribution in [2.24, 2.45) is 5.10 Å². The number of aromatic carboxylic acids is 1. The van der Waals surface area contributed by atoms with E-state index >= 15 is 0 Å². The highest BCUT2D eigenvalue weighted by Crippen LogP contribution is 2.26. The van der Waals surface area contributed by atoms with Crippen molar-refractivity contribution in [1.82, 2.24) is 0 Å². The monoisotopic (exact) mass is 418 g/mol. The molecule has 126 valence electrons. The smallest absolute Gasteiger partial charge is 0.337 e. The van der Waals surface area contributed by atoms with Gasteiger partial charge in [0.25, 0.3) is 0 Å². The maximum atomic E-state index is 11.2. The number of nitrogens with zero attached hydrogens (tertiary/aromatic N) is 1. The van der Waals surface area contributed by atoms with E-state index in [0.29, 0.717) is 17.1 Å². The minimum absolute atomic E-state index is 0.0303. The Labute approximate surface area is 157 Å². The van der Waals surface area contributed by atoms with Crippen LogP contribution in [0.4, 0.5) is 5.69 Å². The Morgan fingerprint density at radius 1 is 1.16 bits per heavy atom. The highest BCUT2D eigenvalue weighted by Gasteiger charge is 2.12. The number of hydrazone groups is 1. The third-order valence-corrected chi connectivity index (χ3v) is 4.20. The summed E-state index contributed by atoms with van der Waals surface area (Å²) in [6.07, 6.45) is 1.54. The van der Waals surface area contributed by atoms with Crippen LogP contribution in [0, 0.1) is 0 Å². The summed E-state index contributed by atoms with van der Waals surface area (Å²) >= 11 is 9.24. The molecule has 0 saturated heterocycles. The summed E-state index contributed by atoms with van der Waals surface area (Å²) in [7, 11) is 0. The highest BCUT2D eigenvalue weighted by atomic mass is 79.9. The standard InChI is InChI=1S/C18H12BrClN2O3/c19-12-2-4-13(5-3-12)22-21-10-14-6-8-17(25-14)11-1-7-16(20)15(9-11)18(23)24/h1-10,22H,(H,23,24). The molecule has 3 aromatic rings. The molecule has 0 aliphatic heterocycles. The van der Waals surface area contributed by atoms with E-state index in [9.17, 15) is 4.79 Å². The van der Waals surface area contributed by atoms with Crippen LogP contribution < -0.4 is 5.43 Å². The van der Waals surface area contributed by atoms with Crippen LogP contribution in [0.25, 0.3) is 11.3 Å². The van der Waals surface area contributed by atoms with Crippen molar-refractivity contribution in [3.63, 3.8) is 0 Å². The molecule has 0 saturated carbocycles. The van der Waals surface area contributed by atoms with Gasteiger partial charge < -0.3 is 9.52 Å². The lowest BCUT2D eigenvalue weighted by Crippen LogP contribution is -1.97. The zero-order valence-corrected chi connectivity index (χ0v) is 15.1. The Balaban J connectivity index is 1.74. The van der Waals surface area contributed by atoms with Gasteiger partial charge in [-0.3, -0.25) is 5.43 Å². The maximum Gasteiger partial charge on any atom is 0.337 e. The Kier molecular flexibility index (Phi) is 5.21. The highest BCUT2D eigenvalue weighted by molar-refractivity contribution is 9.10. The van der Waals surface area contributed by atoms with Gasteiger partial charge in [-0.05, 0) is 54.6 Å². The number of carboxylic acid groups (broad SMARTS) is 1. The number of furan rings is 1. The number of halogens is 2. The van der Waals surface area contributed by atoms with Crippen LogP contribution in [0.5, 0.6) is 0 Å². The summed E-state index contributed by atoms with van der Waals surface area (Å²) in [6.45, 7) is 0. The Morgan fingerprint density at radius 3 is 2.64 bits per heavy atom. The first-order valence-electron chi connectivity index (χ1n) is 7.20. The van der Waals surface area contributed by atoms with Gasteiger partial charge in [0.05, 0.1) is 22.5 Å². The molecule has 2 N–H and O–H groups in total. The molecule has 0 spiro atoms. The van der Waals surface area contributed by atoms with Crippen molar-refractivity contribution >= 4 is 45.4 Å². The largest absolute Gasteiger partial charge is 0.478 e. The van der Waals surface area contributed by atoms with E-state index in [1.807, 2.05) is 24.3 Å². The Hall–Kier alpha value is -2.57. The van der Waals surface area contributed by atoms with Gasteiger partial charge in [0.1, 0.15) is 11.5 Å². The number of hydrogen-bond donors (Lipinski definition) is 2. The number of carbonyl (C=O) groups is 1. The number of carboxylic acids is 1. The number of anilines is 1. The Morgan fingerprint density at radius 2 is 1.92 bits per heavy atom. The fourth-order valence-corrected chi connectivity index (χ4v) is 2.58. The number of hydrogen-bond acceptors (Lipinski definition) is 4. The SMILES string of the molecule is O=C(O)c1cc(-c2ccc(C=NNc3ccc(Br)cc3)o2)ccc1Cl. The van der Waals surface area contributed by atoms with E-state index in [2.05, 4.69) is 26.5 Å². The molecular weight excluding hydrogens is 408 g/mol. The van der Waals surface area contributed by atoms with Crippen molar-refractivity contribution < 1.29 is 14.3 Å². The molecule has 3 rings (SSSR count). The lowest BCUT2D eigenvalue weighted by molar-refractivity contribution is 0.0697. The van der Waals surface area contributed by atoms with Crippen molar-refractivity contribution in [3.05, 3.63) is 75.4 Å². The predicted octanol–water partition coefficient (Wildman–Crippen LogP) is 5.51. The summed E-state index contributed by atoms with van der Waals surface area (Å²) in [5.41, 5.74) is 4.39. The summed E-state index contributed by atoms with van der Waals surface area (Å²) in [6, 6.07) is 15.8. The second-order valence-corrected chi connectivity index (χ2v) is 6.40. The third kappa shape index (κ3) is 4.29. The average molecular weight is 420 g/mol. The third-order valence-electron chi connectivity index (χ3n) is 3.34. The van der Waals surface area contributed by atoms with Gasteiger partial charge in [-0.1, -0.05) is 27.5 Å². The molecule has 0 aliphatic rings. The van der Waals surface area contributed by atoms with Gasteiger partial charge in [0, 0.05) is 10.0 Å². The quantitative estimate of drug-likeness (QED) is 0.422. The maximum absolute atomic E-state index is 11.2. The van der Waals surface area contributed by atoms with Crippen LogP contribution in [0.2, 0.25) is 5.02 Å². The van der Waals surface area contributed by atoms with E-state index in [0.717, 1.165) is 10.2 Å². The molecule has 0 fully saturated rings. The first-order chi connectivity index (χ1) is 12.0. The fourth-order valence-electron chi connectivity index (χ4n) is 2.11. The number of benzene rings is 2. The molecule has 0 amide bonds. The fraction of sp³-hybridized carbons (Fsp3) is 0. The first-order valence-corrected chi connectivity index (χ1v) is 8.38. The molecule has 0 bridgehead atoms. The molecule has 0 unspecified atom stereocenters. The van der Waals surface area contributed by atoms with E-state index in [-0.39, 0.29) is 10.6 Å². The molecular formula is C18H12BrClN2O3. The van der Waals surface area contributed by atoms with Gasteiger partial charge in [0.15, 0.2) is 0 Å². The zero-order chi connectivity index (χ0) is 17.8. The minimum Gasteiger partial charge on any atom is -0.478 e. The van der Waals surface area contributed by atoms with Crippen molar-refractivity contribution in [3.8, 4) is 11.3 Å². The van der Waals surface area contributed by atoms with E-state index in [1.165, 1.54) is 12.1 Å². The Bertz CT molecular complexity index is 936. The van der Waals surface area contributed by atoms with Crippen LogP contribution in [-0.4, -0.2) is 17.3 Å². The summed E-state index contributed by atoms with van der Waals surface area (Å²) in [5.74, 6) is -0.0189. The molecule has 0 radical (unpaired) electrons. The lowest BCUT2D eigenvalue weighted by atomic mass is 10.1. The van der Waals surface area contributed by atoms with Crippen molar-refractivity contribution in [2.45, 2.75) is 0 Å². The van der Waals surface area contributed by atoms with Crippen molar-refractivity contribution in [2.75, 3.05) is 5.43 Å². The van der Waals surface area contributed by atoms with Crippen LogP contribution >= 0.6 is 27.5 Å². The van der Waals surface area contributed by atoms with Gasteiger partial charge in [-0.2, -0.15) is 5.10 Å². The average Bonchev–Trinajstić information content (AvgIpc) is 3.06. The van der Waals surface area contributed by atoms with Gasteiger partial charge in [-0.15, -0.1) is 0 Å². The molecule has 1 aromatic heterocycles. The van der Waals surface area contributed by atoms with Crippen LogP contribution in [0.3, 0.4) is 0 Å². The molecule has 7 heteroatoms. The number of rotatable bonds is 5. The van der Waals surface area contributed by atoms with Gasteiger partial charge in [-0.25, -0.2) is 4.79 Å². The van der Waals surface area contributed by atoms with Crippen LogP contribution in [-0.2, 0) is 0 Å². The minimum atomic E-state index is -1.08. The van der Waals surface area contributed by atoms with Gasteiger partial charge in [0.2, 0.25) is 0 Å². The lowest BCUT2D eigenvalue weighted by Gasteiger charge is -2.02. The first kappa shape index (κ1) is 17.3. The predicted molar refractivity (Wildman–Crippen MR) is 101 cm³/mol. The normalized spacial score (nSPS) is 11.0. The molecule has 25 heavy (non-hydrogen) atoms. The second kappa shape index (κ2) is 7.55.